The molecule has 1 rings (SSSR count). The van der Waals surface area contributed by atoms with E-state index in [1.54, 1.807) is 14.0 Å². The number of ether oxygens (including phenoxy) is 1. The Morgan fingerprint density at radius 1 is 1.38 bits per heavy atom. The Labute approximate surface area is 79.1 Å². The first-order chi connectivity index (χ1) is 6.17. The average Bonchev–Trinajstić information content (AvgIpc) is 2.16. The first-order valence-corrected chi connectivity index (χ1v) is 4.41. The molecule has 0 amide bonds. The van der Waals surface area contributed by atoms with Crippen molar-refractivity contribution in [1.82, 2.24) is 0 Å². The summed E-state index contributed by atoms with van der Waals surface area (Å²) in [7, 11) is 1.65. The molecular weight excluding hydrogens is 162 g/mol. The SMILES string of the molecule is CCc1cc(OC)cc(C(C)=N)c1. The van der Waals surface area contributed by atoms with E-state index in [9.17, 15) is 0 Å². The molecular formula is C11H15NO. The summed E-state index contributed by atoms with van der Waals surface area (Å²) in [6, 6.07) is 5.93. The molecule has 0 aromatic heterocycles. The third-order valence-electron chi connectivity index (χ3n) is 2.04. The predicted molar refractivity (Wildman–Crippen MR) is 54.9 cm³/mol. The highest BCUT2D eigenvalue weighted by Gasteiger charge is 2.01. The normalized spacial score (nSPS) is 9.77. The van der Waals surface area contributed by atoms with Crippen LogP contribution < -0.4 is 4.74 Å². The van der Waals surface area contributed by atoms with Crippen LogP contribution in [0.15, 0.2) is 18.2 Å². The number of benzene rings is 1. The van der Waals surface area contributed by atoms with Crippen LogP contribution >= 0.6 is 0 Å². The van der Waals surface area contributed by atoms with Gasteiger partial charge in [0.25, 0.3) is 0 Å². The molecule has 2 nitrogen and oxygen atoms in total. The lowest BCUT2D eigenvalue weighted by Gasteiger charge is -2.06. The molecule has 70 valence electrons. The molecule has 0 bridgehead atoms. The van der Waals surface area contributed by atoms with Crippen molar-refractivity contribution in [3.63, 3.8) is 0 Å². The van der Waals surface area contributed by atoms with Crippen molar-refractivity contribution in [2.75, 3.05) is 7.11 Å². The lowest BCUT2D eigenvalue weighted by molar-refractivity contribution is 0.414. The molecule has 13 heavy (non-hydrogen) atoms. The second-order valence-electron chi connectivity index (χ2n) is 3.05. The summed E-state index contributed by atoms with van der Waals surface area (Å²) < 4.78 is 5.15. The van der Waals surface area contributed by atoms with Crippen molar-refractivity contribution in [1.29, 1.82) is 5.41 Å². The molecule has 0 aliphatic rings. The van der Waals surface area contributed by atoms with Gasteiger partial charge in [0, 0.05) is 5.71 Å². The van der Waals surface area contributed by atoms with Gasteiger partial charge in [0.15, 0.2) is 0 Å². The average molecular weight is 177 g/mol. The minimum atomic E-state index is 0.577. The first-order valence-electron chi connectivity index (χ1n) is 4.41. The Balaban J connectivity index is 3.14. The molecule has 0 fully saturated rings. The molecule has 0 atom stereocenters. The number of rotatable bonds is 3. The van der Waals surface area contributed by atoms with E-state index in [2.05, 4.69) is 6.92 Å². The van der Waals surface area contributed by atoms with Crippen LogP contribution in [-0.4, -0.2) is 12.8 Å². The lowest BCUT2D eigenvalue weighted by Crippen LogP contribution is -1.95. The summed E-state index contributed by atoms with van der Waals surface area (Å²) in [5.41, 5.74) is 2.73. The van der Waals surface area contributed by atoms with E-state index in [-0.39, 0.29) is 0 Å². The van der Waals surface area contributed by atoms with Gasteiger partial charge in [0.1, 0.15) is 5.75 Å². The Bertz CT molecular complexity index is 296. The van der Waals surface area contributed by atoms with E-state index < -0.39 is 0 Å². The summed E-state index contributed by atoms with van der Waals surface area (Å²) in [6.45, 7) is 3.88. The van der Waals surface area contributed by atoms with E-state index >= 15 is 0 Å². The quantitative estimate of drug-likeness (QED) is 0.707. The van der Waals surface area contributed by atoms with Gasteiger partial charge >= 0.3 is 0 Å². The number of nitrogens with one attached hydrogen (secondary N) is 1. The van der Waals surface area contributed by atoms with Crippen LogP contribution in [0.5, 0.6) is 5.75 Å². The zero-order chi connectivity index (χ0) is 9.84. The molecule has 1 aromatic carbocycles. The smallest absolute Gasteiger partial charge is 0.119 e. The van der Waals surface area contributed by atoms with Gasteiger partial charge < -0.3 is 10.1 Å². The third-order valence-corrected chi connectivity index (χ3v) is 2.04. The van der Waals surface area contributed by atoms with Gasteiger partial charge in [-0.15, -0.1) is 0 Å². The molecule has 2 heteroatoms. The van der Waals surface area contributed by atoms with Crippen LogP contribution in [-0.2, 0) is 6.42 Å². The van der Waals surface area contributed by atoms with Crippen LogP contribution in [0.3, 0.4) is 0 Å². The summed E-state index contributed by atoms with van der Waals surface area (Å²) in [6.07, 6.45) is 0.970. The largest absolute Gasteiger partial charge is 0.497 e. The van der Waals surface area contributed by atoms with Crippen molar-refractivity contribution in [3.05, 3.63) is 29.3 Å². The Kier molecular flexibility index (Phi) is 3.07. The zero-order valence-corrected chi connectivity index (χ0v) is 8.35. The van der Waals surface area contributed by atoms with Crippen LogP contribution in [0, 0.1) is 5.41 Å². The highest BCUT2D eigenvalue weighted by atomic mass is 16.5. The molecule has 0 aliphatic carbocycles. The van der Waals surface area contributed by atoms with E-state index in [0.29, 0.717) is 5.71 Å². The molecule has 1 N–H and O–H groups in total. The fourth-order valence-electron chi connectivity index (χ4n) is 1.20. The van der Waals surface area contributed by atoms with Gasteiger partial charge in [-0.25, -0.2) is 0 Å². The minimum absolute atomic E-state index is 0.577. The molecule has 0 saturated carbocycles. The monoisotopic (exact) mass is 177 g/mol. The fourth-order valence-corrected chi connectivity index (χ4v) is 1.20. The Morgan fingerprint density at radius 3 is 2.54 bits per heavy atom. The molecule has 0 aliphatic heterocycles. The maximum atomic E-state index is 7.52. The van der Waals surface area contributed by atoms with Gasteiger partial charge in [0.2, 0.25) is 0 Å². The van der Waals surface area contributed by atoms with Gasteiger partial charge in [0.05, 0.1) is 7.11 Å². The second-order valence-corrected chi connectivity index (χ2v) is 3.05. The molecule has 0 radical (unpaired) electrons. The molecule has 0 saturated heterocycles. The summed E-state index contributed by atoms with van der Waals surface area (Å²) in [5, 5.41) is 7.52. The third kappa shape index (κ3) is 2.31. The molecule has 0 unspecified atom stereocenters. The highest BCUT2D eigenvalue weighted by molar-refractivity contribution is 5.96. The maximum Gasteiger partial charge on any atom is 0.119 e. The maximum absolute atomic E-state index is 7.52. The van der Waals surface area contributed by atoms with Crippen molar-refractivity contribution in [2.45, 2.75) is 20.3 Å². The highest BCUT2D eigenvalue weighted by Crippen LogP contribution is 2.17. The van der Waals surface area contributed by atoms with Gasteiger partial charge in [-0.2, -0.15) is 0 Å². The lowest BCUT2D eigenvalue weighted by atomic mass is 10.1. The minimum Gasteiger partial charge on any atom is -0.497 e. The summed E-state index contributed by atoms with van der Waals surface area (Å²) in [4.78, 5) is 0. The summed E-state index contributed by atoms with van der Waals surface area (Å²) in [5.74, 6) is 0.834. The van der Waals surface area contributed by atoms with E-state index in [0.717, 1.165) is 17.7 Å². The first kappa shape index (κ1) is 9.78. The Morgan fingerprint density at radius 2 is 2.08 bits per heavy atom. The second kappa shape index (κ2) is 4.08. The van der Waals surface area contributed by atoms with Crippen molar-refractivity contribution < 1.29 is 4.74 Å². The fraction of sp³-hybridized carbons (Fsp3) is 0.364. The molecule has 0 heterocycles. The Hall–Kier alpha value is -1.31. The number of aryl methyl sites for hydroxylation is 1. The van der Waals surface area contributed by atoms with Crippen LogP contribution in [0.1, 0.15) is 25.0 Å². The van der Waals surface area contributed by atoms with Crippen LogP contribution in [0.2, 0.25) is 0 Å². The summed E-state index contributed by atoms with van der Waals surface area (Å²) >= 11 is 0. The van der Waals surface area contributed by atoms with Gasteiger partial charge in [-0.1, -0.05) is 6.92 Å². The number of hydrogen-bond donors (Lipinski definition) is 1. The van der Waals surface area contributed by atoms with Gasteiger partial charge in [-0.05, 0) is 42.7 Å². The predicted octanol–water partition coefficient (Wildman–Crippen LogP) is 2.65. The van der Waals surface area contributed by atoms with Gasteiger partial charge in [-0.3, -0.25) is 0 Å². The topological polar surface area (TPSA) is 33.1 Å². The van der Waals surface area contributed by atoms with E-state index in [1.165, 1.54) is 5.56 Å². The van der Waals surface area contributed by atoms with Crippen molar-refractivity contribution >= 4 is 5.71 Å². The number of methoxy groups -OCH3 is 1. The molecule has 1 aromatic rings. The molecule has 0 spiro atoms. The zero-order valence-electron chi connectivity index (χ0n) is 8.35. The van der Waals surface area contributed by atoms with Crippen molar-refractivity contribution in [2.24, 2.45) is 0 Å². The standard InChI is InChI=1S/C11H15NO/c1-4-9-5-10(8(2)12)7-11(6-9)13-3/h5-7,12H,4H2,1-3H3. The number of hydrogen-bond acceptors (Lipinski definition) is 2. The van der Waals surface area contributed by atoms with Crippen LogP contribution in [0.25, 0.3) is 0 Å². The van der Waals surface area contributed by atoms with Crippen molar-refractivity contribution in [3.8, 4) is 5.75 Å². The van der Waals surface area contributed by atoms with E-state index in [4.69, 9.17) is 10.1 Å². The van der Waals surface area contributed by atoms with Crippen LogP contribution in [0.4, 0.5) is 0 Å². The van der Waals surface area contributed by atoms with E-state index in [1.807, 2.05) is 18.2 Å².